The molecule has 0 saturated heterocycles. The summed E-state index contributed by atoms with van der Waals surface area (Å²) in [5.41, 5.74) is 1.74. The van der Waals surface area contributed by atoms with Gasteiger partial charge in [0.2, 0.25) is 0 Å². The standard InChI is InChI=1S/C14H16BrN3O/c1-8-11-7-16-9(2)17-13(11)18(14(19)12(8)15)10-5-3-4-6-10/h7,10H,3-6H2,1-2H3. The van der Waals surface area contributed by atoms with Crippen molar-refractivity contribution in [1.29, 1.82) is 0 Å². The van der Waals surface area contributed by atoms with E-state index in [1.165, 1.54) is 12.8 Å². The minimum absolute atomic E-state index is 0.0370. The van der Waals surface area contributed by atoms with E-state index in [0.717, 1.165) is 29.4 Å². The summed E-state index contributed by atoms with van der Waals surface area (Å²) in [5.74, 6) is 0.709. The van der Waals surface area contributed by atoms with E-state index in [1.54, 1.807) is 0 Å². The predicted octanol–water partition coefficient (Wildman–Crippen LogP) is 3.29. The number of nitrogens with zero attached hydrogens (tertiary/aromatic N) is 3. The first kappa shape index (κ1) is 12.8. The number of aromatic nitrogens is 3. The summed E-state index contributed by atoms with van der Waals surface area (Å²) in [6.45, 7) is 3.80. The second-order valence-electron chi connectivity index (χ2n) is 5.21. The molecule has 1 fully saturated rings. The molecule has 0 unspecified atom stereocenters. The maximum absolute atomic E-state index is 12.6. The van der Waals surface area contributed by atoms with E-state index >= 15 is 0 Å². The molecule has 3 rings (SSSR count). The molecule has 0 aromatic carbocycles. The lowest BCUT2D eigenvalue weighted by Crippen LogP contribution is -2.26. The van der Waals surface area contributed by atoms with Crippen LogP contribution >= 0.6 is 15.9 Å². The molecule has 0 aliphatic heterocycles. The summed E-state index contributed by atoms with van der Waals surface area (Å²) < 4.78 is 2.51. The molecule has 2 heterocycles. The van der Waals surface area contributed by atoms with Crippen molar-refractivity contribution in [2.24, 2.45) is 0 Å². The van der Waals surface area contributed by atoms with Gasteiger partial charge in [-0.05, 0) is 48.2 Å². The zero-order valence-corrected chi connectivity index (χ0v) is 12.7. The van der Waals surface area contributed by atoms with Crippen LogP contribution in [0.25, 0.3) is 11.0 Å². The van der Waals surface area contributed by atoms with Crippen LogP contribution in [0.5, 0.6) is 0 Å². The van der Waals surface area contributed by atoms with Crippen LogP contribution in [0, 0.1) is 13.8 Å². The average Bonchev–Trinajstić information content (AvgIpc) is 2.90. The van der Waals surface area contributed by atoms with Crippen LogP contribution in [0.4, 0.5) is 0 Å². The lowest BCUT2D eigenvalue weighted by Gasteiger charge is -2.18. The molecular formula is C14H16BrN3O. The number of hydrogen-bond donors (Lipinski definition) is 0. The highest BCUT2D eigenvalue weighted by molar-refractivity contribution is 9.10. The quantitative estimate of drug-likeness (QED) is 0.809. The SMILES string of the molecule is Cc1ncc2c(C)c(Br)c(=O)n(C3CCCC3)c2n1. The van der Waals surface area contributed by atoms with Gasteiger partial charge in [-0.25, -0.2) is 9.97 Å². The third kappa shape index (κ3) is 2.00. The van der Waals surface area contributed by atoms with Crippen molar-refractivity contribution in [3.05, 3.63) is 32.4 Å². The van der Waals surface area contributed by atoms with Crippen molar-refractivity contribution in [3.63, 3.8) is 0 Å². The number of fused-ring (bicyclic) bond motifs is 1. The van der Waals surface area contributed by atoms with Crippen molar-refractivity contribution in [1.82, 2.24) is 14.5 Å². The maximum atomic E-state index is 12.6. The molecule has 0 amide bonds. The van der Waals surface area contributed by atoms with E-state index in [-0.39, 0.29) is 11.6 Å². The van der Waals surface area contributed by atoms with Gasteiger partial charge in [0.1, 0.15) is 11.5 Å². The van der Waals surface area contributed by atoms with E-state index in [0.29, 0.717) is 10.3 Å². The van der Waals surface area contributed by atoms with Gasteiger partial charge < -0.3 is 0 Å². The first-order chi connectivity index (χ1) is 9.09. The second kappa shape index (κ2) is 4.71. The van der Waals surface area contributed by atoms with Crippen molar-refractivity contribution < 1.29 is 0 Å². The van der Waals surface area contributed by atoms with Gasteiger partial charge in [-0.1, -0.05) is 12.8 Å². The molecule has 2 aromatic heterocycles. The first-order valence-corrected chi connectivity index (χ1v) is 7.43. The van der Waals surface area contributed by atoms with E-state index in [4.69, 9.17) is 0 Å². The van der Waals surface area contributed by atoms with Gasteiger partial charge >= 0.3 is 0 Å². The molecule has 2 aromatic rings. The molecule has 1 aliphatic rings. The van der Waals surface area contributed by atoms with Gasteiger partial charge in [-0.2, -0.15) is 0 Å². The Morgan fingerprint density at radius 1 is 1.32 bits per heavy atom. The molecule has 0 bridgehead atoms. The Balaban J connectivity index is 2.40. The Labute approximate surface area is 120 Å². The van der Waals surface area contributed by atoms with E-state index in [2.05, 4.69) is 25.9 Å². The largest absolute Gasteiger partial charge is 0.288 e. The second-order valence-corrected chi connectivity index (χ2v) is 6.00. The summed E-state index contributed by atoms with van der Waals surface area (Å²) >= 11 is 3.43. The van der Waals surface area contributed by atoms with Crippen molar-refractivity contribution >= 4 is 27.0 Å². The topological polar surface area (TPSA) is 47.8 Å². The minimum Gasteiger partial charge on any atom is -0.288 e. The van der Waals surface area contributed by atoms with Crippen molar-refractivity contribution in [2.45, 2.75) is 45.6 Å². The summed E-state index contributed by atoms with van der Waals surface area (Å²) in [5, 5.41) is 0.962. The Bertz CT molecular complexity index is 702. The summed E-state index contributed by atoms with van der Waals surface area (Å²) in [6.07, 6.45) is 6.33. The summed E-state index contributed by atoms with van der Waals surface area (Å²) in [6, 6.07) is 0.279. The Kier molecular flexibility index (Phi) is 3.17. The number of aryl methyl sites for hydroxylation is 2. The van der Waals surface area contributed by atoms with Crippen molar-refractivity contribution in [3.8, 4) is 0 Å². The van der Waals surface area contributed by atoms with E-state index in [9.17, 15) is 4.79 Å². The fraction of sp³-hybridized carbons (Fsp3) is 0.500. The van der Waals surface area contributed by atoms with Crippen LogP contribution in [0.1, 0.15) is 43.1 Å². The molecule has 1 saturated carbocycles. The van der Waals surface area contributed by atoms with E-state index < -0.39 is 0 Å². The Hall–Kier alpha value is -1.23. The predicted molar refractivity (Wildman–Crippen MR) is 78.5 cm³/mol. The lowest BCUT2D eigenvalue weighted by atomic mass is 10.1. The molecule has 100 valence electrons. The van der Waals surface area contributed by atoms with Gasteiger partial charge in [0.05, 0.1) is 4.47 Å². The third-order valence-electron chi connectivity index (χ3n) is 3.95. The zero-order chi connectivity index (χ0) is 13.6. The smallest absolute Gasteiger partial charge is 0.267 e. The first-order valence-electron chi connectivity index (χ1n) is 6.63. The van der Waals surface area contributed by atoms with E-state index in [1.807, 2.05) is 24.6 Å². The highest BCUT2D eigenvalue weighted by Crippen LogP contribution is 2.32. The molecule has 4 nitrogen and oxygen atoms in total. The van der Waals surface area contributed by atoms with Crippen molar-refractivity contribution in [2.75, 3.05) is 0 Å². The number of halogens is 1. The molecular weight excluding hydrogens is 306 g/mol. The van der Waals surface area contributed by atoms with Crippen LogP contribution in [0.15, 0.2) is 15.5 Å². The van der Waals surface area contributed by atoms with Gasteiger partial charge in [-0.15, -0.1) is 0 Å². The monoisotopic (exact) mass is 321 g/mol. The molecule has 5 heteroatoms. The highest BCUT2D eigenvalue weighted by atomic mass is 79.9. The molecule has 0 radical (unpaired) electrons. The molecule has 1 aliphatic carbocycles. The number of rotatable bonds is 1. The van der Waals surface area contributed by atoms with Crippen LogP contribution in [-0.4, -0.2) is 14.5 Å². The minimum atomic E-state index is 0.0370. The third-order valence-corrected chi connectivity index (χ3v) is 4.88. The zero-order valence-electron chi connectivity index (χ0n) is 11.1. The molecule has 0 spiro atoms. The average molecular weight is 322 g/mol. The van der Waals surface area contributed by atoms with Gasteiger partial charge in [0.25, 0.3) is 5.56 Å². The number of pyridine rings is 1. The van der Waals surface area contributed by atoms with Crippen LogP contribution in [0.3, 0.4) is 0 Å². The number of hydrogen-bond acceptors (Lipinski definition) is 3. The highest BCUT2D eigenvalue weighted by Gasteiger charge is 2.23. The summed E-state index contributed by atoms with van der Waals surface area (Å²) in [7, 11) is 0. The van der Waals surface area contributed by atoms with Gasteiger partial charge in [-0.3, -0.25) is 9.36 Å². The van der Waals surface area contributed by atoms with Crippen LogP contribution in [0.2, 0.25) is 0 Å². The van der Waals surface area contributed by atoms with Gasteiger partial charge in [0, 0.05) is 17.6 Å². The fourth-order valence-electron chi connectivity index (χ4n) is 2.89. The molecule has 19 heavy (non-hydrogen) atoms. The van der Waals surface area contributed by atoms with Crippen LogP contribution in [-0.2, 0) is 0 Å². The molecule has 0 N–H and O–H groups in total. The normalized spacial score (nSPS) is 16.4. The summed E-state index contributed by atoms with van der Waals surface area (Å²) in [4.78, 5) is 21.3. The molecule has 0 atom stereocenters. The Morgan fingerprint density at radius 3 is 2.68 bits per heavy atom. The van der Waals surface area contributed by atoms with Crippen LogP contribution < -0.4 is 5.56 Å². The van der Waals surface area contributed by atoms with Gasteiger partial charge in [0.15, 0.2) is 0 Å². The maximum Gasteiger partial charge on any atom is 0.267 e. The fourth-order valence-corrected chi connectivity index (χ4v) is 3.29. The lowest BCUT2D eigenvalue weighted by molar-refractivity contribution is 0.513. The Morgan fingerprint density at radius 2 is 2.00 bits per heavy atom.